The molecule has 2 heterocycles. The van der Waals surface area contributed by atoms with Crippen molar-refractivity contribution in [2.45, 2.75) is 24.4 Å². The molecule has 6 nitrogen and oxygen atoms in total. The van der Waals surface area contributed by atoms with Crippen LogP contribution in [0.15, 0.2) is 46.7 Å². The van der Waals surface area contributed by atoms with Gasteiger partial charge >= 0.3 is 0 Å². The Morgan fingerprint density at radius 1 is 1.36 bits per heavy atom. The van der Waals surface area contributed by atoms with E-state index in [1.54, 1.807) is 17.0 Å². The Balaban J connectivity index is 1.77. The van der Waals surface area contributed by atoms with E-state index in [2.05, 4.69) is 4.72 Å². The molecule has 1 amide bonds. The van der Waals surface area contributed by atoms with Gasteiger partial charge in [0.2, 0.25) is 10.0 Å². The summed E-state index contributed by atoms with van der Waals surface area (Å²) in [6.07, 6.45) is 0. The Labute approximate surface area is 151 Å². The molecule has 0 bridgehead atoms. The molecular weight excluding hydrogens is 360 g/mol. The van der Waals surface area contributed by atoms with Crippen LogP contribution in [0.3, 0.4) is 0 Å². The maximum Gasteiger partial charge on any atom is 0.254 e. The second kappa shape index (κ2) is 7.65. The number of sulfonamides is 1. The van der Waals surface area contributed by atoms with Crippen molar-refractivity contribution in [3.05, 3.63) is 52.2 Å². The minimum absolute atomic E-state index is 0.0292. The SMILES string of the molecule is C[C@@H]1COCCN1C(=O)c1cccc(S(=O)(=O)NCc2cccs2)c1. The van der Waals surface area contributed by atoms with Crippen molar-refractivity contribution in [1.82, 2.24) is 9.62 Å². The van der Waals surface area contributed by atoms with Gasteiger partial charge in [0.05, 0.1) is 24.2 Å². The fraction of sp³-hybridized carbons (Fsp3) is 0.353. The molecule has 1 aromatic heterocycles. The molecule has 0 saturated carbocycles. The van der Waals surface area contributed by atoms with Crippen LogP contribution in [-0.2, 0) is 21.3 Å². The molecule has 0 aliphatic carbocycles. The van der Waals surface area contributed by atoms with Crippen molar-refractivity contribution in [3.8, 4) is 0 Å². The van der Waals surface area contributed by atoms with E-state index in [-0.39, 0.29) is 23.4 Å². The lowest BCUT2D eigenvalue weighted by atomic mass is 10.1. The minimum Gasteiger partial charge on any atom is -0.377 e. The molecule has 8 heteroatoms. The van der Waals surface area contributed by atoms with Gasteiger partial charge in [-0.05, 0) is 36.6 Å². The Morgan fingerprint density at radius 3 is 2.92 bits per heavy atom. The molecule has 0 radical (unpaired) electrons. The largest absolute Gasteiger partial charge is 0.377 e. The summed E-state index contributed by atoms with van der Waals surface area (Å²) in [5.74, 6) is -0.175. The summed E-state index contributed by atoms with van der Waals surface area (Å²) in [6, 6.07) is 9.88. The Kier molecular flexibility index (Phi) is 5.53. The summed E-state index contributed by atoms with van der Waals surface area (Å²) in [5.41, 5.74) is 0.368. The zero-order valence-corrected chi connectivity index (χ0v) is 15.5. The molecule has 0 unspecified atom stereocenters. The molecule has 3 rings (SSSR count). The molecule has 2 aromatic rings. The number of morpholine rings is 1. The lowest BCUT2D eigenvalue weighted by Gasteiger charge is -2.33. The molecule has 1 fully saturated rings. The van der Waals surface area contributed by atoms with Crippen LogP contribution in [0.5, 0.6) is 0 Å². The molecular formula is C17H20N2O4S2. The normalized spacial score (nSPS) is 18.3. The van der Waals surface area contributed by atoms with E-state index >= 15 is 0 Å². The number of benzene rings is 1. The lowest BCUT2D eigenvalue weighted by molar-refractivity contribution is 0.00358. The third kappa shape index (κ3) is 4.27. The van der Waals surface area contributed by atoms with E-state index in [1.165, 1.54) is 23.5 Å². The van der Waals surface area contributed by atoms with Gasteiger partial charge in [0.25, 0.3) is 5.91 Å². The third-order valence-electron chi connectivity index (χ3n) is 4.04. The van der Waals surface area contributed by atoms with Crippen molar-refractivity contribution in [2.75, 3.05) is 19.8 Å². The maximum atomic E-state index is 12.7. The highest BCUT2D eigenvalue weighted by molar-refractivity contribution is 7.89. The van der Waals surface area contributed by atoms with Crippen molar-refractivity contribution in [1.29, 1.82) is 0 Å². The quantitative estimate of drug-likeness (QED) is 0.862. The van der Waals surface area contributed by atoms with Crippen LogP contribution in [0.2, 0.25) is 0 Å². The standard InChI is InChI=1S/C17H20N2O4S2/c1-13-12-23-8-7-19(13)17(20)14-4-2-6-16(10-14)25(21,22)18-11-15-5-3-9-24-15/h2-6,9-10,13,18H,7-8,11-12H2,1H3/t13-/m1/s1. The fourth-order valence-corrected chi connectivity index (χ4v) is 4.44. The van der Waals surface area contributed by atoms with Gasteiger partial charge in [0.1, 0.15) is 0 Å². The first-order valence-electron chi connectivity index (χ1n) is 7.98. The molecule has 1 aliphatic rings. The monoisotopic (exact) mass is 380 g/mol. The summed E-state index contributed by atoms with van der Waals surface area (Å²) >= 11 is 1.49. The average Bonchev–Trinajstić information content (AvgIpc) is 3.14. The van der Waals surface area contributed by atoms with Gasteiger partial charge in [-0.15, -0.1) is 11.3 Å². The Bertz CT molecular complexity index is 834. The number of hydrogen-bond donors (Lipinski definition) is 1. The van der Waals surface area contributed by atoms with Crippen molar-refractivity contribution in [3.63, 3.8) is 0 Å². The molecule has 1 aliphatic heterocycles. The van der Waals surface area contributed by atoms with E-state index in [4.69, 9.17) is 4.74 Å². The van der Waals surface area contributed by atoms with Crippen LogP contribution in [0.25, 0.3) is 0 Å². The molecule has 1 atom stereocenters. The third-order valence-corrected chi connectivity index (χ3v) is 6.31. The van der Waals surface area contributed by atoms with Crippen molar-refractivity contribution < 1.29 is 17.9 Å². The molecule has 25 heavy (non-hydrogen) atoms. The number of nitrogens with one attached hydrogen (secondary N) is 1. The van der Waals surface area contributed by atoms with Crippen LogP contribution >= 0.6 is 11.3 Å². The zero-order valence-electron chi connectivity index (χ0n) is 13.8. The number of ether oxygens (including phenoxy) is 1. The second-order valence-electron chi connectivity index (χ2n) is 5.85. The van der Waals surface area contributed by atoms with Gasteiger partial charge in [-0.3, -0.25) is 4.79 Å². The van der Waals surface area contributed by atoms with Gasteiger partial charge in [0.15, 0.2) is 0 Å². The summed E-state index contributed by atoms with van der Waals surface area (Å²) < 4.78 is 32.9. The van der Waals surface area contributed by atoms with Gasteiger partial charge in [-0.2, -0.15) is 0 Å². The highest BCUT2D eigenvalue weighted by atomic mass is 32.2. The van der Waals surface area contributed by atoms with Crippen LogP contribution < -0.4 is 4.72 Å². The smallest absolute Gasteiger partial charge is 0.254 e. The first kappa shape index (κ1) is 18.1. The number of nitrogens with zero attached hydrogens (tertiary/aromatic N) is 1. The minimum atomic E-state index is -3.68. The number of rotatable bonds is 5. The number of carbonyl (C=O) groups is 1. The van der Waals surface area contributed by atoms with E-state index in [0.29, 0.717) is 25.3 Å². The second-order valence-corrected chi connectivity index (χ2v) is 8.65. The summed E-state index contributed by atoms with van der Waals surface area (Å²) in [5, 5.41) is 1.90. The number of amides is 1. The first-order valence-corrected chi connectivity index (χ1v) is 10.3. The average molecular weight is 380 g/mol. The molecule has 134 valence electrons. The Hall–Kier alpha value is -1.74. The van der Waals surface area contributed by atoms with Crippen LogP contribution in [-0.4, -0.2) is 45.0 Å². The predicted octanol–water partition coefficient (Wildman–Crippen LogP) is 2.09. The number of thiophene rings is 1. The van der Waals surface area contributed by atoms with Crippen molar-refractivity contribution >= 4 is 27.3 Å². The van der Waals surface area contributed by atoms with E-state index < -0.39 is 10.0 Å². The van der Waals surface area contributed by atoms with Gasteiger partial charge < -0.3 is 9.64 Å². The lowest BCUT2D eigenvalue weighted by Crippen LogP contribution is -2.47. The van der Waals surface area contributed by atoms with Gasteiger partial charge in [0, 0.05) is 23.5 Å². The summed E-state index contributed by atoms with van der Waals surface area (Å²) in [6.45, 7) is 3.65. The first-order chi connectivity index (χ1) is 12.0. The van der Waals surface area contributed by atoms with E-state index in [1.807, 2.05) is 24.4 Å². The number of carbonyl (C=O) groups excluding carboxylic acids is 1. The van der Waals surface area contributed by atoms with E-state index in [9.17, 15) is 13.2 Å². The molecule has 1 N–H and O–H groups in total. The Morgan fingerprint density at radius 2 is 2.20 bits per heavy atom. The van der Waals surface area contributed by atoms with Crippen LogP contribution in [0.4, 0.5) is 0 Å². The van der Waals surface area contributed by atoms with Gasteiger partial charge in [-0.1, -0.05) is 12.1 Å². The maximum absolute atomic E-state index is 12.7. The molecule has 1 aromatic carbocycles. The van der Waals surface area contributed by atoms with Crippen LogP contribution in [0, 0.1) is 0 Å². The number of hydrogen-bond acceptors (Lipinski definition) is 5. The van der Waals surface area contributed by atoms with E-state index in [0.717, 1.165) is 4.88 Å². The summed E-state index contributed by atoms with van der Waals surface area (Å²) in [4.78, 5) is 15.4. The van der Waals surface area contributed by atoms with Crippen LogP contribution in [0.1, 0.15) is 22.2 Å². The summed E-state index contributed by atoms with van der Waals surface area (Å²) in [7, 11) is -3.68. The molecule has 0 spiro atoms. The van der Waals surface area contributed by atoms with Crippen molar-refractivity contribution in [2.24, 2.45) is 0 Å². The highest BCUT2D eigenvalue weighted by Gasteiger charge is 2.25. The zero-order chi connectivity index (χ0) is 17.9. The predicted molar refractivity (Wildman–Crippen MR) is 96.1 cm³/mol. The topological polar surface area (TPSA) is 75.7 Å². The van der Waals surface area contributed by atoms with Gasteiger partial charge in [-0.25, -0.2) is 13.1 Å². The fourth-order valence-electron chi connectivity index (χ4n) is 2.65. The molecule has 1 saturated heterocycles. The highest BCUT2D eigenvalue weighted by Crippen LogP contribution is 2.17.